The zero-order chi connectivity index (χ0) is 30.6. The summed E-state index contributed by atoms with van der Waals surface area (Å²) in [5.74, 6) is 0.550. The predicted octanol–water partition coefficient (Wildman–Crippen LogP) is 4.39. The Kier molecular flexibility index (Phi) is 9.83. The molecule has 2 heterocycles. The van der Waals surface area contributed by atoms with Crippen LogP contribution in [-0.2, 0) is 20.8 Å². The fraction of sp³-hybridized carbons (Fsp3) is 0.452. The number of halogens is 1. The number of aromatic nitrogens is 2. The molecule has 1 aromatic heterocycles. The third-order valence-corrected chi connectivity index (χ3v) is 8.35. The van der Waals surface area contributed by atoms with Crippen LogP contribution in [0.3, 0.4) is 0 Å². The molecule has 1 saturated heterocycles. The van der Waals surface area contributed by atoms with Crippen LogP contribution < -0.4 is 20.7 Å². The number of para-hydroxylation sites is 1. The Labute approximate surface area is 255 Å². The number of hydrogen-bond acceptors (Lipinski definition) is 8. The molecule has 0 radical (unpaired) electrons. The Morgan fingerprint density at radius 2 is 1.90 bits per heavy atom. The third kappa shape index (κ3) is 6.90. The molecular formula is C31H39BrN6O4. The van der Waals surface area contributed by atoms with E-state index in [2.05, 4.69) is 41.8 Å². The van der Waals surface area contributed by atoms with E-state index >= 15 is 0 Å². The smallest absolute Gasteiger partial charge is 0.246 e. The first kappa shape index (κ1) is 31.4. The van der Waals surface area contributed by atoms with Crippen molar-refractivity contribution in [3.63, 3.8) is 0 Å². The summed E-state index contributed by atoms with van der Waals surface area (Å²) in [6, 6.07) is 9.59. The maximum Gasteiger partial charge on any atom is 0.246 e. The van der Waals surface area contributed by atoms with Gasteiger partial charge in [0, 0.05) is 34.5 Å². The number of amides is 2. The number of likely N-dealkylation sites (tertiary alicyclic amines) is 1. The Bertz CT molecular complexity index is 1470. The first-order valence-electron chi connectivity index (χ1n) is 14.1. The lowest BCUT2D eigenvalue weighted by Gasteiger charge is -2.36. The minimum absolute atomic E-state index is 0.0697. The first-order chi connectivity index (χ1) is 19.9. The van der Waals surface area contributed by atoms with Crippen LogP contribution in [0, 0.1) is 5.41 Å². The number of likely N-dealkylation sites (N-methyl/N-ethyl adjacent to an activating group) is 1. The van der Waals surface area contributed by atoms with Gasteiger partial charge in [-0.2, -0.15) is 0 Å². The van der Waals surface area contributed by atoms with Crippen molar-refractivity contribution in [3.05, 3.63) is 52.8 Å². The third-order valence-electron chi connectivity index (χ3n) is 7.66. The first-order valence-corrected chi connectivity index (χ1v) is 14.9. The highest BCUT2D eigenvalue weighted by molar-refractivity contribution is 9.10. The number of carbonyl (C=O) groups excluding carboxylic acids is 3. The number of ether oxygens (including phenoxy) is 1. The summed E-state index contributed by atoms with van der Waals surface area (Å²) in [4.78, 5) is 50.8. The standard InChI is InChI=1S/C31H39BrN6O4/c1-18(33-5)29(40)37-27(31(2,3)4)30(41)38-13-9-12-24(38)25(39)15-19-14-20-23(16-26(19)42-6)34-17-35-28(20)36-22-11-8-7-10-21(22)32/h7-8,10-11,14,16-18,24,27,33H,9,12-13,15H2,1-6H3,(H,37,40)(H,34,35,36)/t18-,24-,27+/m0/s1. The van der Waals surface area contributed by atoms with E-state index in [1.165, 1.54) is 6.33 Å². The highest BCUT2D eigenvalue weighted by Gasteiger charge is 2.42. The van der Waals surface area contributed by atoms with Crippen molar-refractivity contribution in [3.8, 4) is 5.75 Å². The second kappa shape index (κ2) is 13.2. The zero-order valence-corrected chi connectivity index (χ0v) is 26.5. The molecule has 224 valence electrons. The van der Waals surface area contributed by atoms with Gasteiger partial charge in [0.2, 0.25) is 11.8 Å². The fourth-order valence-corrected chi connectivity index (χ4v) is 5.51. The van der Waals surface area contributed by atoms with Gasteiger partial charge < -0.3 is 25.6 Å². The molecule has 42 heavy (non-hydrogen) atoms. The van der Waals surface area contributed by atoms with Gasteiger partial charge in [-0.1, -0.05) is 32.9 Å². The molecule has 0 saturated carbocycles. The lowest BCUT2D eigenvalue weighted by atomic mass is 9.85. The number of nitrogens with zero attached hydrogens (tertiary/aromatic N) is 3. The number of fused-ring (bicyclic) bond motifs is 1. The minimum atomic E-state index is -0.771. The molecule has 0 bridgehead atoms. The van der Waals surface area contributed by atoms with Gasteiger partial charge in [0.25, 0.3) is 0 Å². The lowest BCUT2D eigenvalue weighted by molar-refractivity contribution is -0.143. The van der Waals surface area contributed by atoms with Gasteiger partial charge in [0.05, 0.1) is 30.4 Å². The summed E-state index contributed by atoms with van der Waals surface area (Å²) in [5, 5.41) is 9.91. The number of ketones is 1. The van der Waals surface area contributed by atoms with Crippen LogP contribution in [0.2, 0.25) is 0 Å². The van der Waals surface area contributed by atoms with E-state index in [4.69, 9.17) is 4.74 Å². The van der Waals surface area contributed by atoms with Crippen molar-refractivity contribution >= 4 is 55.9 Å². The number of carbonyl (C=O) groups is 3. The Morgan fingerprint density at radius 3 is 2.57 bits per heavy atom. The summed E-state index contributed by atoms with van der Waals surface area (Å²) in [5.41, 5.74) is 1.65. The molecule has 1 fully saturated rings. The largest absolute Gasteiger partial charge is 0.496 e. The van der Waals surface area contributed by atoms with Crippen molar-refractivity contribution in [1.82, 2.24) is 25.5 Å². The minimum Gasteiger partial charge on any atom is -0.496 e. The molecule has 3 N–H and O–H groups in total. The number of hydrogen-bond donors (Lipinski definition) is 3. The van der Waals surface area contributed by atoms with E-state index in [9.17, 15) is 14.4 Å². The summed E-state index contributed by atoms with van der Waals surface area (Å²) >= 11 is 3.56. The van der Waals surface area contributed by atoms with Gasteiger partial charge in [-0.05, 0) is 66.4 Å². The van der Waals surface area contributed by atoms with Gasteiger partial charge in [-0.15, -0.1) is 0 Å². The van der Waals surface area contributed by atoms with Crippen LogP contribution in [0.4, 0.5) is 11.5 Å². The second-order valence-corrected chi connectivity index (χ2v) is 12.5. The van der Waals surface area contributed by atoms with Crippen molar-refractivity contribution in [2.45, 2.75) is 65.1 Å². The van der Waals surface area contributed by atoms with E-state index in [0.717, 1.165) is 15.5 Å². The van der Waals surface area contributed by atoms with Crippen LogP contribution in [0.1, 0.15) is 46.1 Å². The molecule has 0 unspecified atom stereocenters. The normalized spacial score (nSPS) is 16.6. The number of methoxy groups -OCH3 is 1. The van der Waals surface area contributed by atoms with Crippen molar-refractivity contribution in [1.29, 1.82) is 0 Å². The maximum absolute atomic E-state index is 13.8. The molecule has 1 aliphatic rings. The molecule has 2 aromatic carbocycles. The Hall–Kier alpha value is -3.57. The van der Waals surface area contributed by atoms with E-state index in [1.807, 2.05) is 51.1 Å². The molecule has 3 atom stereocenters. The van der Waals surface area contributed by atoms with Gasteiger partial charge in [0.15, 0.2) is 5.78 Å². The number of rotatable bonds is 10. The SMILES string of the molecule is CN[C@@H](C)C(=O)N[C@H](C(=O)N1CCC[C@H]1C(=O)Cc1cc2c(Nc3ccccc3Br)ncnc2cc1OC)C(C)(C)C. The zero-order valence-electron chi connectivity index (χ0n) is 25.0. The summed E-state index contributed by atoms with van der Waals surface area (Å²) < 4.78 is 6.54. The molecule has 4 rings (SSSR count). The maximum atomic E-state index is 13.8. The Morgan fingerprint density at radius 1 is 1.17 bits per heavy atom. The molecular weight excluding hydrogens is 600 g/mol. The van der Waals surface area contributed by atoms with Crippen LogP contribution in [0.15, 0.2) is 47.2 Å². The van der Waals surface area contributed by atoms with Gasteiger partial charge in [0.1, 0.15) is 23.9 Å². The van der Waals surface area contributed by atoms with Crippen molar-refractivity contribution in [2.24, 2.45) is 5.41 Å². The Balaban J connectivity index is 1.60. The lowest BCUT2D eigenvalue weighted by Crippen LogP contribution is -2.58. The number of anilines is 2. The number of benzene rings is 2. The molecule has 11 heteroatoms. The highest BCUT2D eigenvalue weighted by atomic mass is 79.9. The fourth-order valence-electron chi connectivity index (χ4n) is 5.13. The quantitative estimate of drug-likeness (QED) is 0.299. The monoisotopic (exact) mass is 638 g/mol. The van der Waals surface area contributed by atoms with E-state index in [0.29, 0.717) is 42.0 Å². The van der Waals surface area contributed by atoms with Crippen molar-refractivity contribution in [2.75, 3.05) is 26.0 Å². The van der Waals surface area contributed by atoms with Crippen LogP contribution >= 0.6 is 15.9 Å². The summed E-state index contributed by atoms with van der Waals surface area (Å²) in [6.07, 6.45) is 2.83. The van der Waals surface area contributed by atoms with Gasteiger partial charge in [-0.3, -0.25) is 14.4 Å². The van der Waals surface area contributed by atoms with Gasteiger partial charge >= 0.3 is 0 Å². The molecule has 2 amide bonds. The highest BCUT2D eigenvalue weighted by Crippen LogP contribution is 2.33. The molecule has 0 spiro atoms. The molecule has 10 nitrogen and oxygen atoms in total. The van der Waals surface area contributed by atoms with Crippen LogP contribution in [0.5, 0.6) is 5.75 Å². The van der Waals surface area contributed by atoms with E-state index in [-0.39, 0.29) is 24.0 Å². The number of Topliss-reactive ketones (excluding diaryl/α,β-unsaturated/α-hetero) is 1. The molecule has 3 aromatic rings. The average molecular weight is 640 g/mol. The molecule has 1 aliphatic heterocycles. The predicted molar refractivity (Wildman–Crippen MR) is 167 cm³/mol. The van der Waals surface area contributed by atoms with Crippen LogP contribution in [-0.4, -0.2) is 71.3 Å². The van der Waals surface area contributed by atoms with Crippen LogP contribution in [0.25, 0.3) is 10.9 Å². The average Bonchev–Trinajstić information content (AvgIpc) is 3.46. The molecule has 0 aliphatic carbocycles. The van der Waals surface area contributed by atoms with E-state index in [1.54, 1.807) is 32.0 Å². The second-order valence-electron chi connectivity index (χ2n) is 11.7. The van der Waals surface area contributed by atoms with Crippen molar-refractivity contribution < 1.29 is 19.1 Å². The topological polar surface area (TPSA) is 126 Å². The van der Waals surface area contributed by atoms with E-state index < -0.39 is 23.5 Å². The summed E-state index contributed by atoms with van der Waals surface area (Å²) in [7, 11) is 3.25. The van der Waals surface area contributed by atoms with Gasteiger partial charge in [-0.25, -0.2) is 9.97 Å². The summed E-state index contributed by atoms with van der Waals surface area (Å²) in [6.45, 7) is 7.93. The number of nitrogens with one attached hydrogen (secondary N) is 3.